The Morgan fingerprint density at radius 2 is 2.00 bits per heavy atom. The minimum Gasteiger partial charge on any atom is -0.288 e. The first kappa shape index (κ1) is 8.52. The van der Waals surface area contributed by atoms with E-state index in [9.17, 15) is 0 Å². The normalized spacial score (nSPS) is 9.33. The maximum Gasteiger partial charge on any atom is 0.139 e. The van der Waals surface area contributed by atoms with Gasteiger partial charge in [-0.25, -0.2) is 4.98 Å². The van der Waals surface area contributed by atoms with Gasteiger partial charge in [-0.3, -0.25) is 5.01 Å². The first-order valence-electron chi connectivity index (χ1n) is 3.70. The van der Waals surface area contributed by atoms with Crippen molar-refractivity contribution in [2.45, 2.75) is 0 Å². The molecule has 1 rings (SSSR count). The minimum absolute atomic E-state index is 0.732. The van der Waals surface area contributed by atoms with Crippen molar-refractivity contribution in [1.82, 2.24) is 14.9 Å². The highest BCUT2D eigenvalue weighted by atomic mass is 15.7. The van der Waals surface area contributed by atoms with Gasteiger partial charge in [-0.15, -0.1) is 18.3 Å². The molecule has 1 aromatic rings. The molecule has 0 atom stereocenters. The van der Waals surface area contributed by atoms with Crippen LogP contribution in [0.2, 0.25) is 0 Å². The van der Waals surface area contributed by atoms with Gasteiger partial charge in [0.05, 0.1) is 13.1 Å². The van der Waals surface area contributed by atoms with E-state index >= 15 is 0 Å². The molecule has 0 saturated heterocycles. The summed E-state index contributed by atoms with van der Waals surface area (Å²) in [5.41, 5.74) is 0. The van der Waals surface area contributed by atoms with Crippen molar-refractivity contribution < 1.29 is 0 Å². The number of rotatable bonds is 5. The monoisotopic (exact) mass is 164 g/mol. The van der Waals surface area contributed by atoms with Gasteiger partial charge in [-0.05, 0) is 0 Å². The molecule has 0 saturated carbocycles. The molecule has 0 bridgehead atoms. The topological polar surface area (TPSA) is 34.0 Å². The molecular formula is C8H12N4. The maximum absolute atomic E-state index is 3.99. The van der Waals surface area contributed by atoms with E-state index in [1.165, 1.54) is 6.33 Å². The molecule has 0 aliphatic heterocycles. The zero-order chi connectivity index (χ0) is 8.81. The van der Waals surface area contributed by atoms with Crippen LogP contribution in [-0.4, -0.2) is 28.0 Å². The molecule has 0 unspecified atom stereocenters. The molecular weight excluding hydrogens is 152 g/mol. The molecule has 0 aromatic carbocycles. The largest absolute Gasteiger partial charge is 0.288 e. The Balaban J connectivity index is 2.65. The zero-order valence-corrected chi connectivity index (χ0v) is 6.93. The number of nitrogens with zero attached hydrogens (tertiary/aromatic N) is 4. The highest BCUT2D eigenvalue weighted by Crippen LogP contribution is 1.87. The Morgan fingerprint density at radius 3 is 2.42 bits per heavy atom. The lowest BCUT2D eigenvalue weighted by molar-refractivity contribution is 0.584. The lowest BCUT2D eigenvalue weighted by Crippen LogP contribution is -2.35. The lowest BCUT2D eigenvalue weighted by Gasteiger charge is -2.19. The van der Waals surface area contributed by atoms with Crippen LogP contribution in [0.3, 0.4) is 0 Å². The van der Waals surface area contributed by atoms with E-state index in [4.69, 9.17) is 0 Å². The Labute approximate surface area is 71.8 Å². The third-order valence-corrected chi connectivity index (χ3v) is 1.38. The van der Waals surface area contributed by atoms with Crippen molar-refractivity contribution in [3.05, 3.63) is 38.0 Å². The maximum atomic E-state index is 3.99. The van der Waals surface area contributed by atoms with Crippen LogP contribution in [0.4, 0.5) is 0 Å². The van der Waals surface area contributed by atoms with Gasteiger partial charge in [-0.2, -0.15) is 4.79 Å². The summed E-state index contributed by atoms with van der Waals surface area (Å²) in [6, 6.07) is 0. The fourth-order valence-corrected chi connectivity index (χ4v) is 0.888. The number of hydrogen-bond acceptors (Lipinski definition) is 3. The van der Waals surface area contributed by atoms with E-state index in [-0.39, 0.29) is 0 Å². The van der Waals surface area contributed by atoms with Crippen molar-refractivity contribution in [2.24, 2.45) is 0 Å². The molecule has 0 spiro atoms. The molecule has 4 heteroatoms. The molecule has 0 radical (unpaired) electrons. The highest BCUT2D eigenvalue weighted by molar-refractivity contribution is 4.95. The molecule has 1 heterocycles. The summed E-state index contributed by atoms with van der Waals surface area (Å²) in [5, 5.41) is 5.94. The standard InChI is InChI=1S/C8H12N4/c1-3-5-11(6-4-2)12-8-9-7-10-12/h3-4,7-8H,1-2,5-6H2. The van der Waals surface area contributed by atoms with Crippen molar-refractivity contribution in [2.75, 3.05) is 18.1 Å². The first-order chi connectivity index (χ1) is 5.88. The number of hydrogen-bond donors (Lipinski definition) is 0. The van der Waals surface area contributed by atoms with E-state index in [0.29, 0.717) is 0 Å². The second-order valence-corrected chi connectivity index (χ2v) is 2.26. The van der Waals surface area contributed by atoms with Gasteiger partial charge < -0.3 is 0 Å². The van der Waals surface area contributed by atoms with Crippen LogP contribution in [0.1, 0.15) is 0 Å². The van der Waals surface area contributed by atoms with Crippen molar-refractivity contribution in [3.63, 3.8) is 0 Å². The Hall–Kier alpha value is -1.58. The van der Waals surface area contributed by atoms with Gasteiger partial charge in [0, 0.05) is 0 Å². The molecule has 1 aromatic heterocycles. The van der Waals surface area contributed by atoms with Crippen LogP contribution in [0.15, 0.2) is 38.0 Å². The Bertz CT molecular complexity index is 230. The van der Waals surface area contributed by atoms with Crippen LogP contribution in [0, 0.1) is 0 Å². The van der Waals surface area contributed by atoms with Crippen LogP contribution in [0.25, 0.3) is 0 Å². The molecule has 0 N–H and O–H groups in total. The van der Waals surface area contributed by atoms with Gasteiger partial charge >= 0.3 is 0 Å². The molecule has 0 aliphatic carbocycles. The SMILES string of the molecule is C=CCN(CC=C)n1cncn1. The summed E-state index contributed by atoms with van der Waals surface area (Å²) in [5.74, 6) is 0. The molecule has 64 valence electrons. The van der Waals surface area contributed by atoms with E-state index in [1.807, 2.05) is 17.2 Å². The van der Waals surface area contributed by atoms with Crippen molar-refractivity contribution >= 4 is 0 Å². The van der Waals surface area contributed by atoms with Crippen LogP contribution in [-0.2, 0) is 0 Å². The van der Waals surface area contributed by atoms with Gasteiger partial charge in [0.15, 0.2) is 0 Å². The second-order valence-electron chi connectivity index (χ2n) is 2.26. The molecule has 0 amide bonds. The summed E-state index contributed by atoms with van der Waals surface area (Å²) in [6.07, 6.45) is 6.77. The average molecular weight is 164 g/mol. The van der Waals surface area contributed by atoms with E-state index in [1.54, 1.807) is 11.1 Å². The molecule has 4 nitrogen and oxygen atoms in total. The molecule has 12 heavy (non-hydrogen) atoms. The first-order valence-corrected chi connectivity index (χ1v) is 3.70. The third-order valence-electron chi connectivity index (χ3n) is 1.38. The quantitative estimate of drug-likeness (QED) is 0.597. The lowest BCUT2D eigenvalue weighted by atomic mass is 10.5. The summed E-state index contributed by atoms with van der Waals surface area (Å²) in [4.78, 5) is 5.52. The summed E-state index contributed by atoms with van der Waals surface area (Å²) < 4.78 is 0. The average Bonchev–Trinajstić information content (AvgIpc) is 2.56. The predicted molar refractivity (Wildman–Crippen MR) is 48.4 cm³/mol. The van der Waals surface area contributed by atoms with Gasteiger partial charge in [0.25, 0.3) is 0 Å². The van der Waals surface area contributed by atoms with Crippen molar-refractivity contribution in [3.8, 4) is 0 Å². The molecule has 0 aliphatic rings. The van der Waals surface area contributed by atoms with Gasteiger partial charge in [0.2, 0.25) is 0 Å². The minimum atomic E-state index is 0.732. The van der Waals surface area contributed by atoms with Gasteiger partial charge in [0.1, 0.15) is 12.7 Å². The summed E-state index contributed by atoms with van der Waals surface area (Å²) in [6.45, 7) is 8.77. The van der Waals surface area contributed by atoms with Crippen molar-refractivity contribution in [1.29, 1.82) is 0 Å². The van der Waals surface area contributed by atoms with Crippen LogP contribution in [0.5, 0.6) is 0 Å². The zero-order valence-electron chi connectivity index (χ0n) is 6.93. The van der Waals surface area contributed by atoms with Crippen LogP contribution >= 0.6 is 0 Å². The van der Waals surface area contributed by atoms with E-state index in [2.05, 4.69) is 23.2 Å². The van der Waals surface area contributed by atoms with E-state index < -0.39 is 0 Å². The number of aromatic nitrogens is 3. The summed E-state index contributed by atoms with van der Waals surface area (Å²) in [7, 11) is 0. The Kier molecular flexibility index (Phi) is 3.07. The predicted octanol–water partition coefficient (Wildman–Crippen LogP) is 0.588. The smallest absolute Gasteiger partial charge is 0.139 e. The third kappa shape index (κ3) is 1.95. The highest BCUT2D eigenvalue weighted by Gasteiger charge is 1.99. The Morgan fingerprint density at radius 1 is 1.33 bits per heavy atom. The molecule has 0 fully saturated rings. The fourth-order valence-electron chi connectivity index (χ4n) is 0.888. The second kappa shape index (κ2) is 4.33. The van der Waals surface area contributed by atoms with E-state index in [0.717, 1.165) is 13.1 Å². The fraction of sp³-hybridized carbons (Fsp3) is 0.250. The van der Waals surface area contributed by atoms with Crippen LogP contribution < -0.4 is 5.01 Å². The summed E-state index contributed by atoms with van der Waals surface area (Å²) >= 11 is 0. The van der Waals surface area contributed by atoms with Gasteiger partial charge in [-0.1, -0.05) is 12.2 Å².